The van der Waals surface area contributed by atoms with E-state index in [4.69, 9.17) is 15.2 Å². The summed E-state index contributed by atoms with van der Waals surface area (Å²) in [5.74, 6) is 1.93. The van der Waals surface area contributed by atoms with Gasteiger partial charge in [-0.2, -0.15) is 0 Å². The molecule has 1 heterocycles. The fourth-order valence-electron chi connectivity index (χ4n) is 2.37. The van der Waals surface area contributed by atoms with E-state index in [0.29, 0.717) is 17.7 Å². The van der Waals surface area contributed by atoms with E-state index in [9.17, 15) is 0 Å². The third kappa shape index (κ3) is 3.86. The number of ether oxygens (including phenoxy) is 2. The lowest BCUT2D eigenvalue weighted by molar-refractivity contribution is 0.242. The van der Waals surface area contributed by atoms with E-state index in [1.54, 1.807) is 11.3 Å². The number of benzene rings is 2. The second-order valence-corrected chi connectivity index (χ2v) is 7.08. The van der Waals surface area contributed by atoms with Crippen molar-refractivity contribution in [1.29, 1.82) is 0 Å². The average Bonchev–Trinajstić information content (AvgIpc) is 2.96. The SMILES string of the molecule is CC(C)Oc1ccc(Oc2nc3ccc(C(C)CN)cc3s2)cc1. The molecular formula is C19H22N2O2S. The van der Waals surface area contributed by atoms with Crippen LogP contribution in [0.25, 0.3) is 10.2 Å². The maximum atomic E-state index is 5.88. The van der Waals surface area contributed by atoms with Crippen molar-refractivity contribution in [3.63, 3.8) is 0 Å². The first-order chi connectivity index (χ1) is 11.5. The zero-order valence-electron chi connectivity index (χ0n) is 14.2. The highest BCUT2D eigenvalue weighted by molar-refractivity contribution is 7.20. The Kier molecular flexibility index (Phi) is 5.02. The van der Waals surface area contributed by atoms with Gasteiger partial charge < -0.3 is 15.2 Å². The molecule has 3 aromatic rings. The van der Waals surface area contributed by atoms with E-state index in [2.05, 4.69) is 24.0 Å². The van der Waals surface area contributed by atoms with Crippen LogP contribution >= 0.6 is 11.3 Å². The van der Waals surface area contributed by atoms with Crippen molar-refractivity contribution in [3.8, 4) is 16.7 Å². The summed E-state index contributed by atoms with van der Waals surface area (Å²) in [7, 11) is 0. The summed E-state index contributed by atoms with van der Waals surface area (Å²) in [6, 6.07) is 13.9. The van der Waals surface area contributed by atoms with Gasteiger partial charge >= 0.3 is 0 Å². The maximum Gasteiger partial charge on any atom is 0.279 e. The Bertz CT molecular complexity index is 812. The fourth-order valence-corrected chi connectivity index (χ4v) is 3.25. The van der Waals surface area contributed by atoms with Crippen LogP contribution in [0.1, 0.15) is 32.3 Å². The van der Waals surface area contributed by atoms with E-state index in [1.165, 1.54) is 5.56 Å². The van der Waals surface area contributed by atoms with E-state index < -0.39 is 0 Å². The molecule has 2 aromatic carbocycles. The first-order valence-electron chi connectivity index (χ1n) is 8.10. The number of nitrogens with zero attached hydrogens (tertiary/aromatic N) is 1. The number of rotatable bonds is 6. The summed E-state index contributed by atoms with van der Waals surface area (Å²) in [6.45, 7) is 6.77. The van der Waals surface area contributed by atoms with Gasteiger partial charge in [0, 0.05) is 0 Å². The normalized spacial score (nSPS) is 12.5. The Labute approximate surface area is 146 Å². The van der Waals surface area contributed by atoms with Crippen LogP contribution in [0.5, 0.6) is 16.7 Å². The van der Waals surface area contributed by atoms with Crippen molar-refractivity contribution in [2.45, 2.75) is 32.8 Å². The molecule has 3 rings (SSSR count). The van der Waals surface area contributed by atoms with E-state index >= 15 is 0 Å². The number of hydrogen-bond donors (Lipinski definition) is 1. The second-order valence-electron chi connectivity index (χ2n) is 6.08. The van der Waals surface area contributed by atoms with Crippen molar-refractivity contribution >= 4 is 21.6 Å². The highest BCUT2D eigenvalue weighted by atomic mass is 32.1. The van der Waals surface area contributed by atoms with Gasteiger partial charge in [-0.05, 0) is 68.3 Å². The smallest absolute Gasteiger partial charge is 0.279 e. The summed E-state index contributed by atoms with van der Waals surface area (Å²) < 4.78 is 12.6. The minimum atomic E-state index is 0.158. The Morgan fingerprint density at radius 3 is 2.42 bits per heavy atom. The van der Waals surface area contributed by atoms with Gasteiger partial charge in [0.25, 0.3) is 5.19 Å². The van der Waals surface area contributed by atoms with Gasteiger partial charge in [-0.25, -0.2) is 4.98 Å². The first-order valence-corrected chi connectivity index (χ1v) is 8.92. The van der Waals surface area contributed by atoms with Gasteiger partial charge in [-0.15, -0.1) is 0 Å². The quantitative estimate of drug-likeness (QED) is 0.689. The predicted molar refractivity (Wildman–Crippen MR) is 99.4 cm³/mol. The third-order valence-electron chi connectivity index (χ3n) is 3.72. The molecule has 0 aliphatic heterocycles. The number of aromatic nitrogens is 1. The van der Waals surface area contributed by atoms with Gasteiger partial charge in [0.2, 0.25) is 0 Å². The molecule has 0 bridgehead atoms. The van der Waals surface area contributed by atoms with Gasteiger partial charge in [0.05, 0.1) is 16.3 Å². The summed E-state index contributed by atoms with van der Waals surface area (Å²) in [4.78, 5) is 4.54. The monoisotopic (exact) mass is 342 g/mol. The highest BCUT2D eigenvalue weighted by Gasteiger charge is 2.10. The number of nitrogens with two attached hydrogens (primary N) is 1. The predicted octanol–water partition coefficient (Wildman–Crippen LogP) is 4.94. The molecule has 0 amide bonds. The molecule has 0 aliphatic rings. The van der Waals surface area contributed by atoms with Crippen LogP contribution < -0.4 is 15.2 Å². The molecule has 0 saturated heterocycles. The number of thiazole rings is 1. The van der Waals surface area contributed by atoms with Crippen LogP contribution in [0, 0.1) is 0 Å². The second kappa shape index (κ2) is 7.20. The first kappa shape index (κ1) is 16.7. The van der Waals surface area contributed by atoms with Crippen LogP contribution in [0.15, 0.2) is 42.5 Å². The lowest BCUT2D eigenvalue weighted by atomic mass is 10.0. The maximum absolute atomic E-state index is 5.88. The van der Waals surface area contributed by atoms with Crippen LogP contribution in [0.4, 0.5) is 0 Å². The lowest BCUT2D eigenvalue weighted by Crippen LogP contribution is -2.08. The summed E-state index contributed by atoms with van der Waals surface area (Å²) in [5, 5.41) is 0.639. The Morgan fingerprint density at radius 1 is 1.04 bits per heavy atom. The molecule has 0 fully saturated rings. The molecule has 0 aliphatic carbocycles. The molecule has 0 spiro atoms. The van der Waals surface area contributed by atoms with Crippen LogP contribution in [-0.2, 0) is 0 Å². The molecule has 0 radical (unpaired) electrons. The molecule has 2 N–H and O–H groups in total. The van der Waals surface area contributed by atoms with Crippen molar-refractivity contribution in [2.75, 3.05) is 6.54 Å². The Hall–Kier alpha value is -2.11. The van der Waals surface area contributed by atoms with Crippen LogP contribution in [-0.4, -0.2) is 17.6 Å². The lowest BCUT2D eigenvalue weighted by Gasteiger charge is -2.09. The van der Waals surface area contributed by atoms with Crippen molar-refractivity contribution in [3.05, 3.63) is 48.0 Å². The summed E-state index contributed by atoms with van der Waals surface area (Å²) in [5.41, 5.74) is 7.93. The molecule has 1 aromatic heterocycles. The van der Waals surface area contributed by atoms with Gasteiger partial charge in [0.1, 0.15) is 11.5 Å². The van der Waals surface area contributed by atoms with Gasteiger partial charge in [0.15, 0.2) is 0 Å². The zero-order valence-corrected chi connectivity index (χ0v) is 15.0. The molecule has 24 heavy (non-hydrogen) atoms. The summed E-state index contributed by atoms with van der Waals surface area (Å²) in [6.07, 6.45) is 0.158. The van der Waals surface area contributed by atoms with E-state index in [1.807, 2.05) is 44.2 Å². The van der Waals surface area contributed by atoms with Gasteiger partial charge in [-0.1, -0.05) is 24.3 Å². The third-order valence-corrected chi connectivity index (χ3v) is 4.61. The van der Waals surface area contributed by atoms with Crippen LogP contribution in [0.3, 0.4) is 0 Å². The molecular weight excluding hydrogens is 320 g/mol. The summed E-state index contributed by atoms with van der Waals surface area (Å²) >= 11 is 1.54. The average molecular weight is 342 g/mol. The molecule has 126 valence electrons. The Morgan fingerprint density at radius 2 is 1.75 bits per heavy atom. The standard InChI is InChI=1S/C19H22N2O2S/c1-12(2)22-15-5-7-16(8-6-15)23-19-21-17-9-4-14(13(3)11-20)10-18(17)24-19/h4-10,12-13H,11,20H2,1-3H3. The van der Waals surface area contributed by atoms with Crippen LogP contribution in [0.2, 0.25) is 0 Å². The molecule has 4 nitrogen and oxygen atoms in total. The topological polar surface area (TPSA) is 57.4 Å². The Balaban J connectivity index is 1.77. The largest absolute Gasteiger partial charge is 0.491 e. The molecule has 1 atom stereocenters. The van der Waals surface area contributed by atoms with Crippen molar-refractivity contribution in [1.82, 2.24) is 4.98 Å². The van der Waals surface area contributed by atoms with E-state index in [0.717, 1.165) is 21.7 Å². The minimum Gasteiger partial charge on any atom is -0.491 e. The number of fused-ring (bicyclic) bond motifs is 1. The zero-order chi connectivity index (χ0) is 17.1. The van der Waals surface area contributed by atoms with Crippen molar-refractivity contribution in [2.24, 2.45) is 5.73 Å². The van der Waals surface area contributed by atoms with E-state index in [-0.39, 0.29) is 6.10 Å². The van der Waals surface area contributed by atoms with Crippen molar-refractivity contribution < 1.29 is 9.47 Å². The molecule has 0 saturated carbocycles. The number of hydrogen-bond acceptors (Lipinski definition) is 5. The molecule has 5 heteroatoms. The molecule has 1 unspecified atom stereocenters. The minimum absolute atomic E-state index is 0.158. The fraction of sp³-hybridized carbons (Fsp3) is 0.316. The van der Waals surface area contributed by atoms with Gasteiger partial charge in [-0.3, -0.25) is 0 Å². The highest BCUT2D eigenvalue weighted by Crippen LogP contribution is 2.33.